The maximum absolute atomic E-state index is 5.43. The summed E-state index contributed by atoms with van der Waals surface area (Å²) in [5.41, 5.74) is 0.934. The van der Waals surface area contributed by atoms with Crippen molar-refractivity contribution in [2.75, 3.05) is 20.8 Å². The summed E-state index contributed by atoms with van der Waals surface area (Å²) in [6, 6.07) is 5.72. The highest BCUT2D eigenvalue weighted by atomic mass is 16.5. The van der Waals surface area contributed by atoms with Gasteiger partial charge in [-0.25, -0.2) is 0 Å². The minimum atomic E-state index is 0.744. The van der Waals surface area contributed by atoms with Gasteiger partial charge >= 0.3 is 0 Å². The Balaban J connectivity index is 2.09. The van der Waals surface area contributed by atoms with Crippen molar-refractivity contribution in [2.45, 2.75) is 13.1 Å². The molecular formula is C13H16N4O2. The summed E-state index contributed by atoms with van der Waals surface area (Å²) in [6.45, 7) is 2.55. The van der Waals surface area contributed by atoms with Crippen LogP contribution in [0.4, 0.5) is 0 Å². The molecule has 0 aliphatic carbocycles. The second kappa shape index (κ2) is 4.89. The van der Waals surface area contributed by atoms with Crippen LogP contribution in [0.5, 0.6) is 11.5 Å². The van der Waals surface area contributed by atoms with Gasteiger partial charge in [0.25, 0.3) is 0 Å². The molecule has 0 unspecified atom stereocenters. The molecule has 1 N–H and O–H groups in total. The van der Waals surface area contributed by atoms with Gasteiger partial charge in [-0.3, -0.25) is 0 Å². The number of ether oxygens (including phenoxy) is 2. The van der Waals surface area contributed by atoms with E-state index in [0.717, 1.165) is 48.3 Å². The van der Waals surface area contributed by atoms with Crippen LogP contribution in [0.25, 0.3) is 11.4 Å². The Morgan fingerprint density at radius 2 is 2.11 bits per heavy atom. The maximum atomic E-state index is 5.43. The highest BCUT2D eigenvalue weighted by Crippen LogP contribution is 2.32. The third-order valence-corrected chi connectivity index (χ3v) is 3.27. The first-order chi connectivity index (χ1) is 9.33. The van der Waals surface area contributed by atoms with E-state index in [1.807, 2.05) is 18.2 Å². The molecule has 6 nitrogen and oxygen atoms in total. The van der Waals surface area contributed by atoms with Gasteiger partial charge in [-0.15, -0.1) is 10.2 Å². The molecule has 19 heavy (non-hydrogen) atoms. The van der Waals surface area contributed by atoms with Gasteiger partial charge in [-0.2, -0.15) is 0 Å². The molecule has 0 bridgehead atoms. The second-order valence-electron chi connectivity index (χ2n) is 4.33. The van der Waals surface area contributed by atoms with Crippen LogP contribution in [0, 0.1) is 0 Å². The van der Waals surface area contributed by atoms with Gasteiger partial charge in [0.15, 0.2) is 5.82 Å². The third kappa shape index (κ3) is 2.04. The smallest absolute Gasteiger partial charge is 0.167 e. The van der Waals surface area contributed by atoms with E-state index in [2.05, 4.69) is 20.1 Å². The van der Waals surface area contributed by atoms with Crippen LogP contribution >= 0.6 is 0 Å². The molecule has 0 fully saturated rings. The number of nitrogens with one attached hydrogen (secondary N) is 1. The molecule has 0 amide bonds. The maximum Gasteiger partial charge on any atom is 0.167 e. The lowest BCUT2D eigenvalue weighted by molar-refractivity contribution is 0.395. The van der Waals surface area contributed by atoms with Crippen molar-refractivity contribution in [3.05, 3.63) is 24.0 Å². The Labute approximate surface area is 111 Å². The number of methoxy groups -OCH3 is 2. The molecule has 100 valence electrons. The fourth-order valence-electron chi connectivity index (χ4n) is 2.27. The Bertz CT molecular complexity index is 594. The van der Waals surface area contributed by atoms with E-state index < -0.39 is 0 Å². The molecule has 0 radical (unpaired) electrons. The third-order valence-electron chi connectivity index (χ3n) is 3.27. The number of hydrogen-bond acceptors (Lipinski definition) is 5. The number of benzene rings is 1. The summed E-state index contributed by atoms with van der Waals surface area (Å²) in [5.74, 6) is 3.31. The van der Waals surface area contributed by atoms with Gasteiger partial charge in [-0.1, -0.05) is 0 Å². The molecule has 2 aromatic rings. The van der Waals surface area contributed by atoms with E-state index in [1.165, 1.54) is 0 Å². The zero-order valence-electron chi connectivity index (χ0n) is 11.0. The lowest BCUT2D eigenvalue weighted by Crippen LogP contribution is -2.28. The largest absolute Gasteiger partial charge is 0.497 e. The summed E-state index contributed by atoms with van der Waals surface area (Å²) in [7, 11) is 3.28. The predicted octanol–water partition coefficient (Wildman–Crippen LogP) is 1.07. The van der Waals surface area contributed by atoms with E-state index in [9.17, 15) is 0 Å². The molecule has 0 atom stereocenters. The molecule has 1 aromatic carbocycles. The van der Waals surface area contributed by atoms with Gasteiger partial charge in [-0.05, 0) is 12.1 Å². The Kier molecular flexibility index (Phi) is 3.08. The van der Waals surface area contributed by atoms with Crippen molar-refractivity contribution >= 4 is 0 Å². The normalized spacial score (nSPS) is 14.0. The molecule has 0 saturated heterocycles. The van der Waals surface area contributed by atoms with Gasteiger partial charge in [0, 0.05) is 19.2 Å². The average molecular weight is 260 g/mol. The van der Waals surface area contributed by atoms with Crippen LogP contribution in [-0.4, -0.2) is 35.5 Å². The van der Waals surface area contributed by atoms with Crippen LogP contribution in [0.2, 0.25) is 0 Å². The van der Waals surface area contributed by atoms with Gasteiger partial charge in [0.05, 0.1) is 26.3 Å². The minimum Gasteiger partial charge on any atom is -0.497 e. The highest BCUT2D eigenvalue weighted by molar-refractivity contribution is 5.66. The van der Waals surface area contributed by atoms with Gasteiger partial charge < -0.3 is 19.4 Å². The first-order valence-corrected chi connectivity index (χ1v) is 6.18. The highest BCUT2D eigenvalue weighted by Gasteiger charge is 2.19. The molecule has 1 aliphatic heterocycles. The van der Waals surface area contributed by atoms with Crippen molar-refractivity contribution < 1.29 is 9.47 Å². The topological polar surface area (TPSA) is 61.2 Å². The van der Waals surface area contributed by atoms with E-state index in [1.54, 1.807) is 14.2 Å². The van der Waals surface area contributed by atoms with Gasteiger partial charge in [0.1, 0.15) is 17.3 Å². The Hall–Kier alpha value is -2.08. The van der Waals surface area contributed by atoms with Crippen LogP contribution < -0.4 is 14.8 Å². The van der Waals surface area contributed by atoms with E-state index in [-0.39, 0.29) is 0 Å². The number of nitrogens with zero attached hydrogens (tertiary/aromatic N) is 3. The van der Waals surface area contributed by atoms with Crippen LogP contribution in [-0.2, 0) is 13.1 Å². The summed E-state index contributed by atoms with van der Waals surface area (Å²) < 4.78 is 12.8. The van der Waals surface area contributed by atoms with Crippen molar-refractivity contribution in [1.29, 1.82) is 0 Å². The fourth-order valence-corrected chi connectivity index (χ4v) is 2.27. The van der Waals surface area contributed by atoms with Crippen molar-refractivity contribution in [3.8, 4) is 22.9 Å². The van der Waals surface area contributed by atoms with Gasteiger partial charge in [0.2, 0.25) is 0 Å². The number of fused-ring (bicyclic) bond motifs is 1. The fraction of sp³-hybridized carbons (Fsp3) is 0.385. The zero-order chi connectivity index (χ0) is 13.2. The van der Waals surface area contributed by atoms with Crippen LogP contribution in [0.1, 0.15) is 5.82 Å². The summed E-state index contributed by atoms with van der Waals surface area (Å²) in [6.07, 6.45) is 0. The molecular weight excluding hydrogens is 244 g/mol. The molecule has 0 spiro atoms. The Morgan fingerprint density at radius 1 is 1.21 bits per heavy atom. The van der Waals surface area contributed by atoms with Crippen molar-refractivity contribution in [1.82, 2.24) is 20.1 Å². The zero-order valence-corrected chi connectivity index (χ0v) is 11.0. The predicted molar refractivity (Wildman–Crippen MR) is 70.3 cm³/mol. The summed E-state index contributed by atoms with van der Waals surface area (Å²) >= 11 is 0. The van der Waals surface area contributed by atoms with E-state index >= 15 is 0 Å². The van der Waals surface area contributed by atoms with Crippen molar-refractivity contribution in [2.24, 2.45) is 0 Å². The quantitative estimate of drug-likeness (QED) is 0.894. The van der Waals surface area contributed by atoms with Crippen LogP contribution in [0.15, 0.2) is 18.2 Å². The first-order valence-electron chi connectivity index (χ1n) is 6.18. The molecule has 1 aromatic heterocycles. The lowest BCUT2D eigenvalue weighted by atomic mass is 10.1. The van der Waals surface area contributed by atoms with E-state index in [4.69, 9.17) is 9.47 Å². The SMILES string of the molecule is COc1ccc(-c2nnc3n2CCNC3)c(OC)c1. The van der Waals surface area contributed by atoms with Crippen molar-refractivity contribution in [3.63, 3.8) is 0 Å². The minimum absolute atomic E-state index is 0.744. The van der Waals surface area contributed by atoms with E-state index in [0.29, 0.717) is 0 Å². The Morgan fingerprint density at radius 3 is 2.89 bits per heavy atom. The average Bonchev–Trinajstić information content (AvgIpc) is 2.90. The summed E-state index contributed by atoms with van der Waals surface area (Å²) in [4.78, 5) is 0. The second-order valence-corrected chi connectivity index (χ2v) is 4.33. The molecule has 0 saturated carbocycles. The number of hydrogen-bond donors (Lipinski definition) is 1. The molecule has 6 heteroatoms. The van der Waals surface area contributed by atoms with Crippen LogP contribution in [0.3, 0.4) is 0 Å². The molecule has 2 heterocycles. The monoisotopic (exact) mass is 260 g/mol. The lowest BCUT2D eigenvalue weighted by Gasteiger charge is -2.17. The first kappa shape index (κ1) is 12.0. The molecule has 1 aliphatic rings. The number of rotatable bonds is 3. The standard InChI is InChI=1S/C13H16N4O2/c1-18-9-3-4-10(11(7-9)19-2)13-16-15-12-8-14-5-6-17(12)13/h3-4,7,14H,5-6,8H2,1-2H3. The molecule has 3 rings (SSSR count). The number of aromatic nitrogens is 3. The summed E-state index contributed by atoms with van der Waals surface area (Å²) in [5, 5.41) is 11.8.